The van der Waals surface area contributed by atoms with Crippen molar-refractivity contribution < 1.29 is 14.6 Å². The van der Waals surface area contributed by atoms with E-state index in [9.17, 15) is 5.11 Å². The van der Waals surface area contributed by atoms with Crippen LogP contribution in [0.5, 0.6) is 5.75 Å². The first-order chi connectivity index (χ1) is 10.2. The largest absolute Gasteiger partial charge is 0.491 e. The number of benzene rings is 1. The highest BCUT2D eigenvalue weighted by atomic mass is 16.5. The summed E-state index contributed by atoms with van der Waals surface area (Å²) in [5, 5.41) is 9.94. The van der Waals surface area contributed by atoms with Gasteiger partial charge in [0.15, 0.2) is 0 Å². The van der Waals surface area contributed by atoms with Crippen molar-refractivity contribution in [1.29, 1.82) is 0 Å². The molecule has 3 N–H and O–H groups in total. The molecule has 0 aromatic heterocycles. The van der Waals surface area contributed by atoms with Crippen LogP contribution >= 0.6 is 0 Å². The van der Waals surface area contributed by atoms with Crippen molar-refractivity contribution in [3.63, 3.8) is 0 Å². The Morgan fingerprint density at radius 2 is 2.00 bits per heavy atom. The predicted molar refractivity (Wildman–Crippen MR) is 83.2 cm³/mol. The molecule has 0 saturated heterocycles. The number of aliphatic hydroxyl groups is 1. The number of nitrogens with two attached hydrogens (primary N) is 1. The molecule has 3 atom stereocenters. The van der Waals surface area contributed by atoms with Crippen molar-refractivity contribution in [2.75, 3.05) is 13.2 Å². The highest BCUT2D eigenvalue weighted by molar-refractivity contribution is 5.27. The van der Waals surface area contributed by atoms with Gasteiger partial charge in [0, 0.05) is 6.54 Å². The fourth-order valence-electron chi connectivity index (χ4n) is 2.74. The maximum atomic E-state index is 9.94. The number of ether oxygens (including phenoxy) is 2. The molecular weight excluding hydrogens is 266 g/mol. The Hall–Kier alpha value is -1.10. The summed E-state index contributed by atoms with van der Waals surface area (Å²) in [5.74, 6) is 1.48. The fraction of sp³-hybridized carbons (Fsp3) is 0.647. The van der Waals surface area contributed by atoms with Crippen molar-refractivity contribution in [2.24, 2.45) is 11.7 Å². The van der Waals surface area contributed by atoms with E-state index in [0.717, 1.165) is 30.1 Å². The number of rotatable bonds is 7. The first-order valence-corrected chi connectivity index (χ1v) is 7.89. The Bertz CT molecular complexity index is 407. The average molecular weight is 293 g/mol. The molecule has 1 aromatic carbocycles. The zero-order valence-corrected chi connectivity index (χ0v) is 12.8. The third-order valence-corrected chi connectivity index (χ3v) is 4.01. The van der Waals surface area contributed by atoms with Crippen molar-refractivity contribution >= 4 is 0 Å². The Morgan fingerprint density at radius 3 is 2.67 bits per heavy atom. The summed E-state index contributed by atoms with van der Waals surface area (Å²) in [5.41, 5.74) is 6.61. The fourth-order valence-corrected chi connectivity index (χ4v) is 2.74. The van der Waals surface area contributed by atoms with E-state index >= 15 is 0 Å². The summed E-state index contributed by atoms with van der Waals surface area (Å²) in [6.45, 7) is 3.39. The molecule has 4 nitrogen and oxygen atoms in total. The molecule has 0 amide bonds. The van der Waals surface area contributed by atoms with Crippen LogP contribution in [0.25, 0.3) is 0 Å². The Morgan fingerprint density at radius 1 is 1.24 bits per heavy atom. The van der Waals surface area contributed by atoms with Crippen LogP contribution in [0.1, 0.15) is 38.2 Å². The number of aliphatic hydroxyl groups excluding tert-OH is 1. The van der Waals surface area contributed by atoms with E-state index in [4.69, 9.17) is 15.2 Å². The molecule has 21 heavy (non-hydrogen) atoms. The molecule has 0 spiro atoms. The molecule has 118 valence electrons. The highest BCUT2D eigenvalue weighted by Crippen LogP contribution is 2.25. The topological polar surface area (TPSA) is 64.7 Å². The number of hydrogen-bond donors (Lipinski definition) is 2. The van der Waals surface area contributed by atoms with E-state index in [1.807, 2.05) is 24.3 Å². The van der Waals surface area contributed by atoms with E-state index in [2.05, 4.69) is 6.92 Å². The molecular formula is C17H27NO3. The Labute approximate surface area is 127 Å². The summed E-state index contributed by atoms with van der Waals surface area (Å²) in [6, 6.07) is 7.61. The maximum absolute atomic E-state index is 9.94. The van der Waals surface area contributed by atoms with Gasteiger partial charge in [-0.2, -0.15) is 0 Å². The monoisotopic (exact) mass is 293 g/mol. The van der Waals surface area contributed by atoms with E-state index in [0.29, 0.717) is 19.3 Å². The molecule has 0 radical (unpaired) electrons. The van der Waals surface area contributed by atoms with E-state index in [1.54, 1.807) is 0 Å². The van der Waals surface area contributed by atoms with Gasteiger partial charge in [0.05, 0.1) is 12.7 Å². The third kappa shape index (κ3) is 5.65. The van der Waals surface area contributed by atoms with Crippen LogP contribution in [0.15, 0.2) is 24.3 Å². The first kappa shape index (κ1) is 16.3. The predicted octanol–water partition coefficient (Wildman–Crippen LogP) is 2.48. The summed E-state index contributed by atoms with van der Waals surface area (Å²) in [4.78, 5) is 0. The zero-order chi connectivity index (χ0) is 15.1. The molecule has 1 aliphatic rings. The van der Waals surface area contributed by atoms with Crippen LogP contribution in [0.3, 0.4) is 0 Å². The smallest absolute Gasteiger partial charge is 0.119 e. The molecule has 0 aliphatic heterocycles. The molecule has 1 saturated carbocycles. The first-order valence-electron chi connectivity index (χ1n) is 7.89. The van der Waals surface area contributed by atoms with E-state index in [1.165, 1.54) is 12.8 Å². The van der Waals surface area contributed by atoms with Crippen molar-refractivity contribution in [3.8, 4) is 5.75 Å². The Kier molecular flexibility index (Phi) is 6.49. The number of hydrogen-bond acceptors (Lipinski definition) is 4. The molecule has 1 aliphatic carbocycles. The molecule has 0 bridgehead atoms. The van der Waals surface area contributed by atoms with Crippen molar-refractivity contribution in [1.82, 2.24) is 0 Å². The SMILES string of the molecule is CC1CCCC(OCC(O)COc2ccc(CN)cc2)C1. The van der Waals surface area contributed by atoms with Crippen LogP contribution < -0.4 is 10.5 Å². The lowest BCUT2D eigenvalue weighted by Crippen LogP contribution is -2.29. The van der Waals surface area contributed by atoms with Crippen LogP contribution in [0, 0.1) is 5.92 Å². The summed E-state index contributed by atoms with van der Waals surface area (Å²) >= 11 is 0. The van der Waals surface area contributed by atoms with Crippen LogP contribution in [0.4, 0.5) is 0 Å². The molecule has 1 fully saturated rings. The van der Waals surface area contributed by atoms with Gasteiger partial charge in [0.1, 0.15) is 18.5 Å². The maximum Gasteiger partial charge on any atom is 0.119 e. The molecule has 2 rings (SSSR count). The minimum absolute atomic E-state index is 0.254. The van der Waals surface area contributed by atoms with Gasteiger partial charge in [0.2, 0.25) is 0 Å². The van der Waals surface area contributed by atoms with Gasteiger partial charge >= 0.3 is 0 Å². The molecule has 1 aromatic rings. The quantitative estimate of drug-likeness (QED) is 0.810. The van der Waals surface area contributed by atoms with Crippen LogP contribution in [-0.2, 0) is 11.3 Å². The lowest BCUT2D eigenvalue weighted by Gasteiger charge is -2.27. The van der Waals surface area contributed by atoms with Crippen LogP contribution in [-0.4, -0.2) is 30.5 Å². The van der Waals surface area contributed by atoms with Gasteiger partial charge in [0.25, 0.3) is 0 Å². The van der Waals surface area contributed by atoms with Crippen LogP contribution in [0.2, 0.25) is 0 Å². The van der Waals surface area contributed by atoms with Gasteiger partial charge in [-0.05, 0) is 36.5 Å². The third-order valence-electron chi connectivity index (χ3n) is 4.01. The minimum atomic E-state index is -0.587. The molecule has 4 heteroatoms. The van der Waals surface area contributed by atoms with Gasteiger partial charge in [-0.1, -0.05) is 31.9 Å². The standard InChI is InChI=1S/C17H27NO3/c1-13-3-2-4-17(9-13)21-12-15(19)11-20-16-7-5-14(10-18)6-8-16/h5-8,13,15,17,19H,2-4,9-12,18H2,1H3. The van der Waals surface area contributed by atoms with Crippen molar-refractivity contribution in [2.45, 2.75) is 51.4 Å². The molecule has 3 unspecified atom stereocenters. The van der Waals surface area contributed by atoms with Gasteiger partial charge in [-0.3, -0.25) is 0 Å². The highest BCUT2D eigenvalue weighted by Gasteiger charge is 2.20. The summed E-state index contributed by atoms with van der Waals surface area (Å²) in [7, 11) is 0. The van der Waals surface area contributed by atoms with Gasteiger partial charge < -0.3 is 20.3 Å². The molecule has 0 heterocycles. The minimum Gasteiger partial charge on any atom is -0.491 e. The van der Waals surface area contributed by atoms with Crippen molar-refractivity contribution in [3.05, 3.63) is 29.8 Å². The van der Waals surface area contributed by atoms with E-state index < -0.39 is 6.10 Å². The summed E-state index contributed by atoms with van der Waals surface area (Å²) < 4.78 is 11.4. The average Bonchev–Trinajstić information content (AvgIpc) is 2.51. The second kappa shape index (κ2) is 8.37. The van der Waals surface area contributed by atoms with Gasteiger partial charge in [-0.15, -0.1) is 0 Å². The summed E-state index contributed by atoms with van der Waals surface area (Å²) in [6.07, 6.45) is 4.45. The lowest BCUT2D eigenvalue weighted by molar-refractivity contribution is -0.0426. The second-order valence-electron chi connectivity index (χ2n) is 6.04. The van der Waals surface area contributed by atoms with E-state index in [-0.39, 0.29) is 6.61 Å². The zero-order valence-electron chi connectivity index (χ0n) is 12.8. The normalized spacial score (nSPS) is 23.8. The Balaban J connectivity index is 1.65. The second-order valence-corrected chi connectivity index (χ2v) is 6.04. The van der Waals surface area contributed by atoms with Gasteiger partial charge in [-0.25, -0.2) is 0 Å². The lowest BCUT2D eigenvalue weighted by atomic mass is 9.89.